The van der Waals surface area contributed by atoms with Gasteiger partial charge in [0.25, 0.3) is 0 Å². The van der Waals surface area contributed by atoms with Crippen molar-refractivity contribution in [2.45, 2.75) is 77.0 Å². The van der Waals surface area contributed by atoms with Gasteiger partial charge in [-0.1, -0.05) is 25.3 Å². The molecule has 1 saturated heterocycles. The number of anilines is 1. The van der Waals surface area contributed by atoms with E-state index in [1.807, 2.05) is 24.0 Å². The molecule has 1 aromatic carbocycles. The lowest BCUT2D eigenvalue weighted by Crippen LogP contribution is -2.38. The van der Waals surface area contributed by atoms with E-state index in [0.717, 1.165) is 37.6 Å². The maximum atomic E-state index is 14.6. The Morgan fingerprint density at radius 1 is 1.16 bits per heavy atom. The van der Waals surface area contributed by atoms with E-state index < -0.39 is 0 Å². The van der Waals surface area contributed by atoms with Crippen LogP contribution in [0.4, 0.5) is 10.1 Å². The molecule has 0 atom stereocenters. The Labute approximate surface area is 209 Å². The Morgan fingerprint density at radius 3 is 2.59 bits per heavy atom. The number of hydrogen-bond donors (Lipinski definition) is 3. The number of aliphatic hydroxyl groups excluding tert-OH is 1. The number of nitrogens with zero attached hydrogens (tertiary/aromatic N) is 2. The van der Waals surface area contributed by atoms with Gasteiger partial charge in [-0.05, 0) is 56.7 Å². The molecule has 0 unspecified atom stereocenters. The third kappa shape index (κ3) is 9.02. The van der Waals surface area contributed by atoms with Gasteiger partial charge in [0.1, 0.15) is 5.82 Å². The van der Waals surface area contributed by atoms with E-state index in [2.05, 4.69) is 15.6 Å². The van der Waals surface area contributed by atoms with Crippen molar-refractivity contribution in [3.63, 3.8) is 0 Å². The van der Waals surface area contributed by atoms with Crippen LogP contribution < -0.4 is 15.5 Å². The fourth-order valence-corrected chi connectivity index (χ4v) is 4.28. The molecule has 0 spiro atoms. The molecule has 1 aliphatic heterocycles. The summed E-state index contributed by atoms with van der Waals surface area (Å²) in [5.74, 6) is 0.525. The summed E-state index contributed by atoms with van der Waals surface area (Å²) in [4.78, 5) is 6.61. The molecule has 2 aliphatic rings. The number of aliphatic imine (C=N–C) groups is 1. The van der Waals surface area contributed by atoms with E-state index in [-0.39, 0.29) is 35.9 Å². The van der Waals surface area contributed by atoms with E-state index in [4.69, 9.17) is 4.74 Å². The quantitative estimate of drug-likeness (QED) is 0.182. The smallest absolute Gasteiger partial charge is 0.191 e. The number of guanidine groups is 1. The molecule has 0 bridgehead atoms. The van der Waals surface area contributed by atoms with Crippen molar-refractivity contribution < 1.29 is 14.2 Å². The van der Waals surface area contributed by atoms with Crippen molar-refractivity contribution in [3.8, 4) is 0 Å². The molecule has 3 rings (SSSR count). The van der Waals surface area contributed by atoms with Gasteiger partial charge in [-0.3, -0.25) is 0 Å². The zero-order chi connectivity index (χ0) is 21.9. The molecule has 0 radical (unpaired) electrons. The largest absolute Gasteiger partial charge is 0.393 e. The third-order valence-electron chi connectivity index (χ3n) is 6.10. The molecule has 1 heterocycles. The van der Waals surface area contributed by atoms with E-state index >= 15 is 0 Å². The van der Waals surface area contributed by atoms with E-state index in [1.165, 1.54) is 32.1 Å². The summed E-state index contributed by atoms with van der Waals surface area (Å²) in [7, 11) is 0. The topological polar surface area (TPSA) is 69.1 Å². The molecule has 1 aromatic rings. The average Bonchev–Trinajstić information content (AvgIpc) is 2.79. The zero-order valence-corrected chi connectivity index (χ0v) is 21.7. The molecule has 6 nitrogen and oxygen atoms in total. The number of piperidine rings is 1. The highest BCUT2D eigenvalue weighted by Crippen LogP contribution is 2.24. The SMILES string of the molecule is CCNC(=NCc1ccc(N2CCC(O)CC2)c(F)c1)NCCCOC1CCCCC1.I. The van der Waals surface area contributed by atoms with Gasteiger partial charge in [0.05, 0.1) is 24.4 Å². The summed E-state index contributed by atoms with van der Waals surface area (Å²) in [6.45, 7) is 6.18. The summed E-state index contributed by atoms with van der Waals surface area (Å²) >= 11 is 0. The molecule has 1 saturated carbocycles. The normalized spacial score (nSPS) is 18.3. The molecule has 0 amide bonds. The number of benzene rings is 1. The van der Waals surface area contributed by atoms with Crippen LogP contribution in [-0.2, 0) is 11.3 Å². The lowest BCUT2D eigenvalue weighted by molar-refractivity contribution is 0.0277. The van der Waals surface area contributed by atoms with Crippen molar-refractivity contribution in [1.29, 1.82) is 0 Å². The summed E-state index contributed by atoms with van der Waals surface area (Å²) in [5, 5.41) is 16.2. The van der Waals surface area contributed by atoms with Gasteiger partial charge < -0.3 is 25.4 Å². The van der Waals surface area contributed by atoms with Gasteiger partial charge in [-0.15, -0.1) is 24.0 Å². The van der Waals surface area contributed by atoms with Crippen LogP contribution in [0.5, 0.6) is 0 Å². The molecule has 0 aromatic heterocycles. The first kappa shape index (κ1) is 27.1. The number of aliphatic hydroxyl groups is 1. The van der Waals surface area contributed by atoms with E-state index in [9.17, 15) is 9.50 Å². The highest BCUT2D eigenvalue weighted by Gasteiger charge is 2.19. The second kappa shape index (κ2) is 14.9. The van der Waals surface area contributed by atoms with Crippen molar-refractivity contribution >= 4 is 35.6 Å². The van der Waals surface area contributed by atoms with Gasteiger partial charge in [0, 0.05) is 32.8 Å². The molecule has 2 fully saturated rings. The van der Waals surface area contributed by atoms with Gasteiger partial charge >= 0.3 is 0 Å². The van der Waals surface area contributed by atoms with Crippen molar-refractivity contribution in [2.24, 2.45) is 4.99 Å². The van der Waals surface area contributed by atoms with Crippen molar-refractivity contribution in [3.05, 3.63) is 29.6 Å². The average molecular weight is 563 g/mol. The van der Waals surface area contributed by atoms with Gasteiger partial charge in [-0.2, -0.15) is 0 Å². The molecule has 8 heteroatoms. The van der Waals surface area contributed by atoms with Gasteiger partial charge in [-0.25, -0.2) is 9.38 Å². The first-order valence-electron chi connectivity index (χ1n) is 12.0. The summed E-state index contributed by atoms with van der Waals surface area (Å²) < 4.78 is 20.6. The Hall–Kier alpha value is -1.13. The van der Waals surface area contributed by atoms with Crippen LogP contribution in [0.1, 0.15) is 63.9 Å². The molecule has 3 N–H and O–H groups in total. The maximum absolute atomic E-state index is 14.6. The summed E-state index contributed by atoms with van der Waals surface area (Å²) in [5.41, 5.74) is 1.46. The van der Waals surface area contributed by atoms with Crippen LogP contribution in [0.15, 0.2) is 23.2 Å². The first-order valence-corrected chi connectivity index (χ1v) is 12.0. The first-order chi connectivity index (χ1) is 15.2. The Bertz CT molecular complexity index is 693. The molecular weight excluding hydrogens is 522 g/mol. The van der Waals surface area contributed by atoms with Crippen LogP contribution in [0.3, 0.4) is 0 Å². The zero-order valence-electron chi connectivity index (χ0n) is 19.3. The number of rotatable bonds is 9. The minimum atomic E-state index is -0.260. The van der Waals surface area contributed by atoms with Crippen LogP contribution in [0, 0.1) is 5.82 Å². The predicted molar refractivity (Wildman–Crippen MR) is 140 cm³/mol. The molecular formula is C24H40FIN4O2. The number of hydrogen-bond acceptors (Lipinski definition) is 4. The van der Waals surface area contributed by atoms with Crippen LogP contribution in [0.25, 0.3) is 0 Å². The lowest BCUT2D eigenvalue weighted by Gasteiger charge is -2.31. The van der Waals surface area contributed by atoms with E-state index in [1.54, 1.807) is 6.07 Å². The predicted octanol–water partition coefficient (Wildman–Crippen LogP) is 4.20. The number of halogens is 2. The highest BCUT2D eigenvalue weighted by molar-refractivity contribution is 14.0. The number of ether oxygens (including phenoxy) is 1. The Balaban J connectivity index is 0.00000363. The molecule has 182 valence electrons. The third-order valence-corrected chi connectivity index (χ3v) is 6.10. The Kier molecular flexibility index (Phi) is 12.6. The second-order valence-corrected chi connectivity index (χ2v) is 8.61. The summed E-state index contributed by atoms with van der Waals surface area (Å²) in [6.07, 6.45) is 8.84. The fourth-order valence-electron chi connectivity index (χ4n) is 4.28. The van der Waals surface area contributed by atoms with E-state index in [0.29, 0.717) is 44.3 Å². The minimum absolute atomic E-state index is 0. The lowest BCUT2D eigenvalue weighted by atomic mass is 9.98. The van der Waals surface area contributed by atoms with Crippen LogP contribution >= 0.6 is 24.0 Å². The van der Waals surface area contributed by atoms with Crippen molar-refractivity contribution in [1.82, 2.24) is 10.6 Å². The number of nitrogens with one attached hydrogen (secondary N) is 2. The van der Waals surface area contributed by atoms with Gasteiger partial charge in [0.2, 0.25) is 0 Å². The van der Waals surface area contributed by atoms with Crippen LogP contribution in [0.2, 0.25) is 0 Å². The van der Waals surface area contributed by atoms with Gasteiger partial charge in [0.15, 0.2) is 5.96 Å². The second-order valence-electron chi connectivity index (χ2n) is 8.61. The monoisotopic (exact) mass is 562 g/mol. The standard InChI is InChI=1S/C24H39FN4O2.HI/c1-2-26-24(27-13-6-16-31-21-7-4-3-5-8-21)28-18-19-9-10-23(22(25)17-19)29-14-11-20(30)12-15-29;/h9-10,17,20-21,30H,2-8,11-16,18H2,1H3,(H2,26,27,28);1H. The maximum Gasteiger partial charge on any atom is 0.191 e. The van der Waals surface area contributed by atoms with Crippen molar-refractivity contribution in [2.75, 3.05) is 37.7 Å². The highest BCUT2D eigenvalue weighted by atomic mass is 127. The Morgan fingerprint density at radius 2 is 1.91 bits per heavy atom. The summed E-state index contributed by atoms with van der Waals surface area (Å²) in [6, 6.07) is 5.35. The minimum Gasteiger partial charge on any atom is -0.393 e. The molecule has 1 aliphatic carbocycles. The molecule has 32 heavy (non-hydrogen) atoms. The van der Waals surface area contributed by atoms with Crippen LogP contribution in [-0.4, -0.2) is 56.1 Å². The fraction of sp³-hybridized carbons (Fsp3) is 0.708.